The van der Waals surface area contributed by atoms with Crippen LogP contribution in [0, 0.1) is 23.6 Å². The summed E-state index contributed by atoms with van der Waals surface area (Å²) in [5.41, 5.74) is 8.07. The molecule has 4 aromatic rings. The van der Waals surface area contributed by atoms with Crippen LogP contribution < -0.4 is 9.47 Å². The number of fused-ring (bicyclic) bond motifs is 1. The molecule has 0 N–H and O–H groups in total. The molecule has 2 aromatic heterocycles. The molecule has 11 nitrogen and oxygen atoms in total. The van der Waals surface area contributed by atoms with Crippen LogP contribution in [0.4, 0.5) is 4.39 Å². The number of aromatic nitrogens is 3. The summed E-state index contributed by atoms with van der Waals surface area (Å²) in [6, 6.07) is 13.6. The zero-order valence-corrected chi connectivity index (χ0v) is 31.6. The van der Waals surface area contributed by atoms with Gasteiger partial charge in [-0.15, -0.1) is 0 Å². The summed E-state index contributed by atoms with van der Waals surface area (Å²) in [6.45, 7) is 13.0. The Balaban J connectivity index is 0.943. The standard InChI is InChI=1S/C42H46FN7O4/c1-25-29(8-6-9-30(25)34-15-44-35(39(46-34)53-4)16-47-17-41(18-47)19-48(20-41)26(2)51)31-10-7-11-32(38(31)43)33-14-28-12-13-36(37(28)40(45-33)54-5)50-23-42(24-50)21-49(22-42)27(3)52/h6-11,14-15,36H,12-13,16-24H2,1-5H3/t36-/m0/s1. The lowest BCUT2D eigenvalue weighted by atomic mass is 9.72. The van der Waals surface area contributed by atoms with Gasteiger partial charge in [-0.05, 0) is 48.6 Å². The van der Waals surface area contributed by atoms with E-state index in [1.54, 1.807) is 40.3 Å². The third kappa shape index (κ3) is 5.64. The van der Waals surface area contributed by atoms with Gasteiger partial charge >= 0.3 is 0 Å². The Morgan fingerprint density at radius 1 is 0.796 bits per heavy atom. The first kappa shape index (κ1) is 34.8. The Labute approximate surface area is 315 Å². The van der Waals surface area contributed by atoms with E-state index in [0.29, 0.717) is 40.8 Å². The molecule has 2 amide bonds. The predicted molar refractivity (Wildman–Crippen MR) is 201 cm³/mol. The summed E-state index contributed by atoms with van der Waals surface area (Å²) < 4.78 is 28.3. The van der Waals surface area contributed by atoms with E-state index in [0.717, 1.165) is 98.7 Å². The van der Waals surface area contributed by atoms with Crippen LogP contribution in [0.1, 0.15) is 48.7 Å². The number of hydrogen-bond acceptors (Lipinski definition) is 9. The van der Waals surface area contributed by atoms with Crippen molar-refractivity contribution in [3.63, 3.8) is 0 Å². The van der Waals surface area contributed by atoms with Crippen molar-refractivity contribution < 1.29 is 23.5 Å². The molecular weight excluding hydrogens is 686 g/mol. The van der Waals surface area contributed by atoms with E-state index in [1.165, 1.54) is 0 Å². The van der Waals surface area contributed by atoms with Crippen LogP contribution in [0.3, 0.4) is 0 Å². The van der Waals surface area contributed by atoms with E-state index >= 15 is 4.39 Å². The van der Waals surface area contributed by atoms with Gasteiger partial charge in [0.2, 0.25) is 23.6 Å². The molecule has 12 heteroatoms. The van der Waals surface area contributed by atoms with Crippen molar-refractivity contribution in [3.8, 4) is 45.4 Å². The number of benzene rings is 2. The maximum atomic E-state index is 16.7. The van der Waals surface area contributed by atoms with Crippen LogP contribution in [-0.4, -0.2) is 113 Å². The highest BCUT2D eigenvalue weighted by atomic mass is 19.1. The Morgan fingerprint density at radius 2 is 1.39 bits per heavy atom. The van der Waals surface area contributed by atoms with Crippen LogP contribution in [-0.2, 0) is 22.6 Å². The Kier molecular flexibility index (Phi) is 8.27. The van der Waals surface area contributed by atoms with Crippen molar-refractivity contribution in [2.75, 3.05) is 66.6 Å². The number of nitrogens with zero attached hydrogens (tertiary/aromatic N) is 7. The quantitative estimate of drug-likeness (QED) is 0.244. The fourth-order valence-electron chi connectivity index (χ4n) is 9.82. The summed E-state index contributed by atoms with van der Waals surface area (Å²) >= 11 is 0. The zero-order valence-electron chi connectivity index (χ0n) is 31.6. The third-order valence-electron chi connectivity index (χ3n) is 12.5. The largest absolute Gasteiger partial charge is 0.481 e. The zero-order chi connectivity index (χ0) is 37.5. The Hall–Kier alpha value is -4.94. The number of halogens is 1. The fourth-order valence-corrected chi connectivity index (χ4v) is 9.82. The molecule has 0 bridgehead atoms. The molecule has 4 saturated heterocycles. The monoisotopic (exact) mass is 731 g/mol. The topological polar surface area (TPSA) is 104 Å². The molecule has 54 heavy (non-hydrogen) atoms. The number of pyridine rings is 1. The van der Waals surface area contributed by atoms with Crippen molar-refractivity contribution in [2.24, 2.45) is 10.8 Å². The van der Waals surface area contributed by atoms with E-state index in [1.807, 2.05) is 53.1 Å². The van der Waals surface area contributed by atoms with Gasteiger partial charge in [-0.25, -0.2) is 14.4 Å². The number of carbonyl (C=O) groups is 2. The minimum atomic E-state index is -0.337. The molecule has 1 atom stereocenters. The van der Waals surface area contributed by atoms with Crippen molar-refractivity contribution in [1.29, 1.82) is 0 Å². The predicted octanol–water partition coefficient (Wildman–Crippen LogP) is 5.15. The maximum Gasteiger partial charge on any atom is 0.237 e. The van der Waals surface area contributed by atoms with Gasteiger partial charge in [0, 0.05) is 112 Å². The molecule has 0 saturated carbocycles. The number of likely N-dealkylation sites (tertiary alicyclic amines) is 4. The van der Waals surface area contributed by atoms with Gasteiger partial charge in [-0.2, -0.15) is 0 Å². The van der Waals surface area contributed by atoms with Crippen LogP contribution in [0.25, 0.3) is 33.6 Å². The van der Waals surface area contributed by atoms with E-state index in [9.17, 15) is 9.59 Å². The number of hydrogen-bond donors (Lipinski definition) is 0. The molecule has 5 aliphatic rings. The van der Waals surface area contributed by atoms with Gasteiger partial charge < -0.3 is 19.3 Å². The Bertz CT molecular complexity index is 2180. The van der Waals surface area contributed by atoms with Gasteiger partial charge in [0.25, 0.3) is 0 Å². The van der Waals surface area contributed by atoms with E-state index in [4.69, 9.17) is 24.4 Å². The minimum absolute atomic E-state index is 0.137. The Morgan fingerprint density at radius 3 is 2.04 bits per heavy atom. The minimum Gasteiger partial charge on any atom is -0.481 e. The molecule has 4 fully saturated rings. The lowest BCUT2D eigenvalue weighted by Crippen LogP contribution is -2.72. The van der Waals surface area contributed by atoms with Crippen molar-refractivity contribution in [2.45, 2.75) is 46.2 Å². The third-order valence-corrected chi connectivity index (χ3v) is 12.5. The smallest absolute Gasteiger partial charge is 0.237 e. The first-order valence-corrected chi connectivity index (χ1v) is 18.8. The van der Waals surface area contributed by atoms with Crippen molar-refractivity contribution in [1.82, 2.24) is 34.6 Å². The molecule has 1 aliphatic carbocycles. The van der Waals surface area contributed by atoms with Crippen LogP contribution in [0.2, 0.25) is 0 Å². The highest BCUT2D eigenvalue weighted by Gasteiger charge is 2.55. The summed E-state index contributed by atoms with van der Waals surface area (Å²) in [6.07, 6.45) is 3.61. The second-order valence-corrected chi connectivity index (χ2v) is 16.3. The fraction of sp³-hybridized carbons (Fsp3) is 0.452. The van der Waals surface area contributed by atoms with Crippen molar-refractivity contribution in [3.05, 3.63) is 76.9 Å². The highest BCUT2D eigenvalue weighted by Crippen LogP contribution is 2.50. The molecule has 0 radical (unpaired) electrons. The average molecular weight is 732 g/mol. The lowest BCUT2D eigenvalue weighted by Gasteiger charge is -2.61. The average Bonchev–Trinajstić information content (AvgIpc) is 3.51. The first-order valence-electron chi connectivity index (χ1n) is 18.8. The lowest BCUT2D eigenvalue weighted by molar-refractivity contribution is -0.161. The van der Waals surface area contributed by atoms with E-state index in [-0.39, 0.29) is 34.5 Å². The number of ether oxygens (including phenoxy) is 2. The highest BCUT2D eigenvalue weighted by molar-refractivity contribution is 5.80. The number of carbonyl (C=O) groups excluding carboxylic acids is 2. The summed E-state index contributed by atoms with van der Waals surface area (Å²) in [7, 11) is 3.25. The summed E-state index contributed by atoms with van der Waals surface area (Å²) in [5.74, 6) is 0.975. The van der Waals surface area contributed by atoms with Crippen LogP contribution in [0.15, 0.2) is 48.7 Å². The van der Waals surface area contributed by atoms with Gasteiger partial charge in [0.05, 0.1) is 31.8 Å². The van der Waals surface area contributed by atoms with Crippen molar-refractivity contribution >= 4 is 11.8 Å². The molecule has 6 heterocycles. The van der Waals surface area contributed by atoms with E-state index < -0.39 is 0 Å². The van der Waals surface area contributed by atoms with Gasteiger partial charge in [0.15, 0.2) is 0 Å². The van der Waals surface area contributed by atoms with Gasteiger partial charge in [-0.3, -0.25) is 24.4 Å². The number of amides is 2. The summed E-state index contributed by atoms with van der Waals surface area (Å²) in [5, 5.41) is 0. The SMILES string of the molecule is COc1nc(-c2cccc(-c3cccc(-c4cc5c(c(OC)n4)[C@@H](N4CC6(CN(C(C)=O)C6)C4)CC5)c3F)c2C)cnc1CN1CC2(C1)CN(C(C)=O)C2. The number of methoxy groups -OCH3 is 2. The molecule has 9 rings (SSSR count). The molecule has 4 aliphatic heterocycles. The van der Waals surface area contributed by atoms with E-state index in [2.05, 4.69) is 9.80 Å². The second-order valence-electron chi connectivity index (χ2n) is 16.3. The maximum absolute atomic E-state index is 16.7. The van der Waals surface area contributed by atoms with Gasteiger partial charge in [-0.1, -0.05) is 30.3 Å². The van der Waals surface area contributed by atoms with Gasteiger partial charge in [0.1, 0.15) is 11.5 Å². The molecule has 2 aromatic carbocycles. The molecule has 0 unspecified atom stereocenters. The molecular formula is C42H46FN7O4. The summed E-state index contributed by atoms with van der Waals surface area (Å²) in [4.78, 5) is 46.6. The number of aryl methyl sites for hydroxylation is 1. The molecule has 280 valence electrons. The first-order chi connectivity index (χ1) is 26.0. The normalized spacial score (nSPS) is 20.9. The van der Waals surface area contributed by atoms with Crippen LogP contribution in [0.5, 0.6) is 11.8 Å². The van der Waals surface area contributed by atoms with Crippen LogP contribution >= 0.6 is 0 Å². The number of rotatable bonds is 8. The second kappa shape index (κ2) is 12.8. The molecule has 2 spiro atoms.